The molecule has 3 aliphatic rings. The molecule has 0 nitrogen and oxygen atoms in total. The Morgan fingerprint density at radius 3 is 1.61 bits per heavy atom. The van der Waals surface area contributed by atoms with Crippen LogP contribution in [0.15, 0.2) is 133 Å². The Hall–Kier alpha value is -5.20. The van der Waals surface area contributed by atoms with Crippen molar-refractivity contribution >= 4 is 10.8 Å². The third kappa shape index (κ3) is 3.62. The van der Waals surface area contributed by atoms with Crippen LogP contribution >= 0.6 is 0 Å². The lowest BCUT2D eigenvalue weighted by molar-refractivity contribution is 0.613. The van der Waals surface area contributed by atoms with E-state index in [0.29, 0.717) is 0 Å². The molecule has 7 aromatic rings. The zero-order valence-corrected chi connectivity index (χ0v) is 26.3. The molecule has 0 amide bonds. The molecule has 0 spiro atoms. The molecule has 0 atom stereocenters. The molecule has 0 saturated heterocycles. The summed E-state index contributed by atoms with van der Waals surface area (Å²) in [7, 11) is 0. The maximum absolute atomic E-state index is 2.50. The maximum Gasteiger partial charge on any atom is 0.0152 e. The van der Waals surface area contributed by atoms with E-state index < -0.39 is 0 Å². The van der Waals surface area contributed by atoms with Crippen LogP contribution in [0.3, 0.4) is 0 Å². The highest BCUT2D eigenvalue weighted by Crippen LogP contribution is 2.48. The molecule has 0 bridgehead atoms. The molecular weight excluding hydrogens is 553 g/mol. The molecule has 10 rings (SSSR count). The van der Waals surface area contributed by atoms with Gasteiger partial charge in [0.15, 0.2) is 0 Å². The van der Waals surface area contributed by atoms with Gasteiger partial charge >= 0.3 is 0 Å². The van der Waals surface area contributed by atoms with Crippen LogP contribution in [0.1, 0.15) is 58.4 Å². The normalized spacial score (nSPS) is 14.7. The molecule has 0 aromatic heterocycles. The second-order valence-corrected chi connectivity index (χ2v) is 14.0. The molecule has 0 saturated carbocycles. The Morgan fingerprint density at radius 2 is 0.935 bits per heavy atom. The molecule has 0 unspecified atom stereocenters. The molecular formula is C46H34. The first-order valence-electron chi connectivity index (χ1n) is 16.7. The van der Waals surface area contributed by atoms with Crippen molar-refractivity contribution in [1.29, 1.82) is 0 Å². The summed E-state index contributed by atoms with van der Waals surface area (Å²) in [6.07, 6.45) is 2.99. The van der Waals surface area contributed by atoms with Gasteiger partial charge in [0, 0.05) is 5.41 Å². The van der Waals surface area contributed by atoms with E-state index in [1.165, 1.54) is 99.8 Å². The first-order valence-corrected chi connectivity index (χ1v) is 16.7. The van der Waals surface area contributed by atoms with Crippen LogP contribution in [0, 0.1) is 0 Å². The van der Waals surface area contributed by atoms with Gasteiger partial charge in [0.25, 0.3) is 0 Å². The van der Waals surface area contributed by atoms with Gasteiger partial charge in [0.05, 0.1) is 0 Å². The zero-order valence-electron chi connectivity index (χ0n) is 26.3. The van der Waals surface area contributed by atoms with Crippen LogP contribution in [0.25, 0.3) is 55.3 Å². The number of hydrogen-bond acceptors (Lipinski definition) is 0. The molecule has 7 aromatic carbocycles. The van der Waals surface area contributed by atoms with Gasteiger partial charge in [-0.25, -0.2) is 0 Å². The van der Waals surface area contributed by atoms with Crippen molar-refractivity contribution in [1.82, 2.24) is 0 Å². The van der Waals surface area contributed by atoms with Crippen molar-refractivity contribution in [2.45, 2.75) is 38.5 Å². The highest BCUT2D eigenvalue weighted by molar-refractivity contribution is 5.94. The highest BCUT2D eigenvalue weighted by atomic mass is 14.4. The van der Waals surface area contributed by atoms with E-state index in [0.717, 1.165) is 19.3 Å². The van der Waals surface area contributed by atoms with Gasteiger partial charge in [0.2, 0.25) is 0 Å². The summed E-state index contributed by atoms with van der Waals surface area (Å²) in [6.45, 7) is 4.84. The number of rotatable bonds is 2. The van der Waals surface area contributed by atoms with E-state index in [4.69, 9.17) is 0 Å². The fraction of sp³-hybridized carbons (Fsp3) is 0.130. The first-order chi connectivity index (χ1) is 22.5. The maximum atomic E-state index is 2.50. The molecule has 3 aliphatic carbocycles. The molecule has 0 aliphatic heterocycles. The molecule has 0 radical (unpaired) electrons. The number of fused-ring (bicyclic) bond motifs is 10. The lowest BCUT2D eigenvalue weighted by Gasteiger charge is -2.36. The average Bonchev–Trinajstić information content (AvgIpc) is 3.66. The molecule has 0 fully saturated rings. The lowest BCUT2D eigenvalue weighted by Crippen LogP contribution is -2.27. The largest absolute Gasteiger partial charge is 0.0619 e. The van der Waals surface area contributed by atoms with Crippen molar-refractivity contribution in [3.63, 3.8) is 0 Å². The minimum Gasteiger partial charge on any atom is -0.0619 e. The minimum atomic E-state index is -0.0846. The van der Waals surface area contributed by atoms with E-state index in [2.05, 4.69) is 147 Å². The molecule has 0 N–H and O–H groups in total. The van der Waals surface area contributed by atoms with Crippen LogP contribution in [0.4, 0.5) is 0 Å². The second-order valence-electron chi connectivity index (χ2n) is 14.0. The minimum absolute atomic E-state index is 0.0846. The van der Waals surface area contributed by atoms with Crippen LogP contribution in [-0.2, 0) is 24.7 Å². The quantitative estimate of drug-likeness (QED) is 0.189. The molecule has 46 heavy (non-hydrogen) atoms. The Morgan fingerprint density at radius 1 is 0.391 bits per heavy atom. The van der Waals surface area contributed by atoms with Gasteiger partial charge in [-0.1, -0.05) is 135 Å². The Labute approximate surface area is 271 Å². The van der Waals surface area contributed by atoms with E-state index in [1.807, 2.05) is 0 Å². The predicted octanol–water partition coefficient (Wildman–Crippen LogP) is 11.5. The SMILES string of the molecule is CC1(C)c2cc(-c3cccc4c3Cc3ccccc3-4)ccc2Cc2c1ccc1cc(-c3cccc4c3Cc3ccccc3-4)ccc21. The standard InChI is InChI=1S/C46H34/c1-46(2)44-22-20-31-23-30(36-13-7-15-39-34-11-5-3-9-28(34)24-41(36)39)19-21-38(31)43(44)26-33-18-17-32(27-45(33)46)37-14-8-16-40-35-12-6-4-10-29(35)25-42(37)40/h3-23,27H,24-26H2,1-2H3. The molecule has 0 heteroatoms. The van der Waals surface area contributed by atoms with E-state index in [-0.39, 0.29) is 5.41 Å². The Balaban J connectivity index is 1.04. The zero-order chi connectivity index (χ0) is 30.6. The number of benzene rings is 7. The summed E-state index contributed by atoms with van der Waals surface area (Å²) in [5.74, 6) is 0. The van der Waals surface area contributed by atoms with Gasteiger partial charge in [0.1, 0.15) is 0 Å². The number of hydrogen-bond donors (Lipinski definition) is 0. The van der Waals surface area contributed by atoms with Crippen LogP contribution in [0.2, 0.25) is 0 Å². The third-order valence-corrected chi connectivity index (χ3v) is 11.3. The topological polar surface area (TPSA) is 0 Å². The third-order valence-electron chi connectivity index (χ3n) is 11.3. The van der Waals surface area contributed by atoms with E-state index >= 15 is 0 Å². The highest BCUT2D eigenvalue weighted by Gasteiger charge is 2.34. The van der Waals surface area contributed by atoms with Crippen molar-refractivity contribution in [3.8, 4) is 44.5 Å². The van der Waals surface area contributed by atoms with Crippen molar-refractivity contribution < 1.29 is 0 Å². The van der Waals surface area contributed by atoms with Gasteiger partial charge in [-0.3, -0.25) is 0 Å². The van der Waals surface area contributed by atoms with E-state index in [1.54, 1.807) is 0 Å². The summed E-state index contributed by atoms with van der Waals surface area (Å²) in [6, 6.07) is 50.7. The monoisotopic (exact) mass is 586 g/mol. The summed E-state index contributed by atoms with van der Waals surface area (Å²) in [5.41, 5.74) is 22.5. The van der Waals surface area contributed by atoms with Crippen LogP contribution in [-0.4, -0.2) is 0 Å². The van der Waals surface area contributed by atoms with Crippen molar-refractivity contribution in [3.05, 3.63) is 178 Å². The summed E-state index contributed by atoms with van der Waals surface area (Å²) in [4.78, 5) is 0. The van der Waals surface area contributed by atoms with E-state index in [9.17, 15) is 0 Å². The van der Waals surface area contributed by atoms with Gasteiger partial charge in [-0.15, -0.1) is 0 Å². The smallest absolute Gasteiger partial charge is 0.0152 e. The summed E-state index contributed by atoms with van der Waals surface area (Å²) in [5, 5.41) is 2.72. The Bertz CT molecular complexity index is 2420. The van der Waals surface area contributed by atoms with Gasteiger partial charge in [-0.2, -0.15) is 0 Å². The Kier molecular flexibility index (Phi) is 5.33. The predicted molar refractivity (Wildman–Crippen MR) is 193 cm³/mol. The van der Waals surface area contributed by atoms with Crippen molar-refractivity contribution in [2.24, 2.45) is 0 Å². The first kappa shape index (κ1) is 26.1. The summed E-state index contributed by atoms with van der Waals surface area (Å²) >= 11 is 0. The average molecular weight is 587 g/mol. The summed E-state index contributed by atoms with van der Waals surface area (Å²) < 4.78 is 0. The fourth-order valence-corrected chi connectivity index (χ4v) is 9.01. The molecule has 0 heterocycles. The molecule has 218 valence electrons. The van der Waals surface area contributed by atoms with Gasteiger partial charge < -0.3 is 0 Å². The van der Waals surface area contributed by atoms with Crippen LogP contribution in [0.5, 0.6) is 0 Å². The van der Waals surface area contributed by atoms with Crippen molar-refractivity contribution in [2.75, 3.05) is 0 Å². The second kappa shape index (κ2) is 9.41. The van der Waals surface area contributed by atoms with Gasteiger partial charge in [-0.05, 0) is 131 Å². The van der Waals surface area contributed by atoms with Crippen LogP contribution < -0.4 is 0 Å². The fourth-order valence-electron chi connectivity index (χ4n) is 9.01. The lowest BCUT2D eigenvalue weighted by atomic mass is 9.67.